The first-order valence-electron chi connectivity index (χ1n) is 11.5. The lowest BCUT2D eigenvalue weighted by Crippen LogP contribution is -2.03. The highest BCUT2D eigenvalue weighted by Crippen LogP contribution is 2.29. The average molecular weight is 447 g/mol. The summed E-state index contributed by atoms with van der Waals surface area (Å²) in [6.45, 7) is 4.29. The lowest BCUT2D eigenvalue weighted by atomic mass is 10.0. The van der Waals surface area contributed by atoms with Crippen LogP contribution in [0.25, 0.3) is 41.7 Å². The maximum atomic E-state index is 12.6. The molecule has 0 atom stereocenters. The summed E-state index contributed by atoms with van der Waals surface area (Å²) in [5.41, 5.74) is 2.72. The van der Waals surface area contributed by atoms with E-state index in [2.05, 4.69) is 86.6 Å². The summed E-state index contributed by atoms with van der Waals surface area (Å²) in [5.74, 6) is 0. The highest BCUT2D eigenvalue weighted by atomic mass is 32.1. The van der Waals surface area contributed by atoms with Crippen molar-refractivity contribution in [1.82, 2.24) is 0 Å². The SMILES string of the molecule is CCc1cc(CC)c2sc3ccccc3c(=O)c2c1.c1ccc2cc3ccccc3cc2c1. The first kappa shape index (κ1) is 21.4. The van der Waals surface area contributed by atoms with Crippen LogP contribution < -0.4 is 5.43 Å². The van der Waals surface area contributed by atoms with Crippen molar-refractivity contribution in [3.8, 4) is 0 Å². The predicted octanol–water partition coefficient (Wildman–Crippen LogP) is 8.53. The van der Waals surface area contributed by atoms with Crippen molar-refractivity contribution >= 4 is 53.1 Å². The Bertz CT molecular complexity index is 1550. The minimum atomic E-state index is 0.175. The Morgan fingerprint density at radius 3 is 1.70 bits per heavy atom. The maximum Gasteiger partial charge on any atom is 0.195 e. The molecular weight excluding hydrogens is 420 g/mol. The summed E-state index contributed by atoms with van der Waals surface area (Å²) in [6, 6.07) is 33.6. The smallest absolute Gasteiger partial charge is 0.195 e. The van der Waals surface area contributed by atoms with Gasteiger partial charge in [-0.3, -0.25) is 4.79 Å². The number of aryl methyl sites for hydroxylation is 2. The van der Waals surface area contributed by atoms with Crippen molar-refractivity contribution in [3.63, 3.8) is 0 Å². The number of rotatable bonds is 2. The second-order valence-electron chi connectivity index (χ2n) is 8.31. The minimum Gasteiger partial charge on any atom is -0.289 e. The van der Waals surface area contributed by atoms with Crippen LogP contribution in [0.5, 0.6) is 0 Å². The molecule has 1 nitrogen and oxygen atoms in total. The zero-order valence-electron chi connectivity index (χ0n) is 19.0. The quantitative estimate of drug-likeness (QED) is 0.244. The van der Waals surface area contributed by atoms with Gasteiger partial charge in [-0.1, -0.05) is 80.6 Å². The second kappa shape index (κ2) is 9.17. The highest BCUT2D eigenvalue weighted by molar-refractivity contribution is 7.24. The van der Waals surface area contributed by atoms with Crippen molar-refractivity contribution < 1.29 is 0 Å². The van der Waals surface area contributed by atoms with E-state index in [0.717, 1.165) is 33.0 Å². The molecule has 0 amide bonds. The van der Waals surface area contributed by atoms with E-state index < -0.39 is 0 Å². The summed E-state index contributed by atoms with van der Waals surface area (Å²) in [5, 5.41) is 6.98. The molecule has 0 spiro atoms. The number of fused-ring (bicyclic) bond motifs is 4. The van der Waals surface area contributed by atoms with Crippen LogP contribution in [0.1, 0.15) is 25.0 Å². The summed E-state index contributed by atoms with van der Waals surface area (Å²) in [7, 11) is 0. The van der Waals surface area contributed by atoms with E-state index in [0.29, 0.717) is 0 Å². The number of hydrogen-bond acceptors (Lipinski definition) is 2. The Hall–Kier alpha value is -3.49. The Labute approximate surface area is 197 Å². The van der Waals surface area contributed by atoms with Crippen molar-refractivity contribution in [1.29, 1.82) is 0 Å². The van der Waals surface area contributed by atoms with E-state index in [1.807, 2.05) is 24.3 Å². The van der Waals surface area contributed by atoms with Crippen LogP contribution >= 0.6 is 11.3 Å². The molecule has 162 valence electrons. The summed E-state index contributed by atoms with van der Waals surface area (Å²) >= 11 is 1.74. The summed E-state index contributed by atoms with van der Waals surface area (Å²) in [4.78, 5) is 12.6. The third-order valence-electron chi connectivity index (χ3n) is 6.22. The molecule has 0 aliphatic rings. The fourth-order valence-corrected chi connectivity index (χ4v) is 5.62. The summed E-state index contributed by atoms with van der Waals surface area (Å²) in [6.07, 6.45) is 1.94. The normalized spacial score (nSPS) is 11.1. The molecule has 0 saturated heterocycles. The Kier molecular flexibility index (Phi) is 5.93. The van der Waals surface area contributed by atoms with Crippen LogP contribution in [0, 0.1) is 0 Å². The topological polar surface area (TPSA) is 17.1 Å². The van der Waals surface area contributed by atoms with Gasteiger partial charge >= 0.3 is 0 Å². The van der Waals surface area contributed by atoms with Gasteiger partial charge in [0.05, 0.1) is 0 Å². The van der Waals surface area contributed by atoms with Crippen LogP contribution in [0.15, 0.2) is 102 Å². The molecule has 0 aliphatic carbocycles. The van der Waals surface area contributed by atoms with Gasteiger partial charge in [-0.25, -0.2) is 0 Å². The van der Waals surface area contributed by atoms with Crippen LogP contribution in [-0.2, 0) is 12.8 Å². The van der Waals surface area contributed by atoms with E-state index in [1.54, 1.807) is 11.3 Å². The molecular formula is C31H26OS. The largest absolute Gasteiger partial charge is 0.289 e. The van der Waals surface area contributed by atoms with Gasteiger partial charge in [-0.05, 0) is 75.8 Å². The lowest BCUT2D eigenvalue weighted by molar-refractivity contribution is 1.10. The Morgan fingerprint density at radius 1 is 0.606 bits per heavy atom. The molecule has 1 heterocycles. The molecule has 0 radical (unpaired) electrons. The van der Waals surface area contributed by atoms with E-state index in [4.69, 9.17) is 0 Å². The van der Waals surface area contributed by atoms with Crippen molar-refractivity contribution in [2.45, 2.75) is 26.7 Å². The standard InChI is InChI=1S/C17H16OS.C14H10/c1-3-11-9-12(4-2)17-14(10-11)16(18)13-7-5-6-8-15(13)19-17;1-2-6-12-10-14-8-4-3-7-13(14)9-11(12)5-1/h5-10H,3-4H2,1-2H3;1-10H. The molecule has 0 bridgehead atoms. The van der Waals surface area contributed by atoms with Gasteiger partial charge in [0.1, 0.15) is 0 Å². The van der Waals surface area contributed by atoms with E-state index in [1.165, 1.54) is 32.7 Å². The maximum absolute atomic E-state index is 12.6. The predicted molar refractivity (Wildman–Crippen MR) is 146 cm³/mol. The van der Waals surface area contributed by atoms with Crippen molar-refractivity contribution in [2.75, 3.05) is 0 Å². The van der Waals surface area contributed by atoms with Gasteiger partial charge in [0.2, 0.25) is 0 Å². The van der Waals surface area contributed by atoms with Gasteiger partial charge in [-0.2, -0.15) is 0 Å². The van der Waals surface area contributed by atoms with Crippen LogP contribution in [0.4, 0.5) is 0 Å². The first-order chi connectivity index (χ1) is 16.2. The van der Waals surface area contributed by atoms with Gasteiger partial charge in [0.25, 0.3) is 0 Å². The molecule has 1 aromatic heterocycles. The molecule has 5 aromatic carbocycles. The molecule has 0 fully saturated rings. The van der Waals surface area contributed by atoms with Gasteiger partial charge in [-0.15, -0.1) is 11.3 Å². The molecule has 0 N–H and O–H groups in total. The average Bonchev–Trinajstić information content (AvgIpc) is 2.87. The fraction of sp³-hybridized carbons (Fsp3) is 0.129. The van der Waals surface area contributed by atoms with Gasteiger partial charge in [0.15, 0.2) is 5.43 Å². The lowest BCUT2D eigenvalue weighted by Gasteiger charge is -2.08. The Morgan fingerprint density at radius 2 is 1.15 bits per heavy atom. The first-order valence-corrected chi connectivity index (χ1v) is 12.3. The monoisotopic (exact) mass is 446 g/mol. The van der Waals surface area contributed by atoms with E-state index in [-0.39, 0.29) is 5.43 Å². The van der Waals surface area contributed by atoms with Gasteiger partial charge in [0, 0.05) is 20.2 Å². The van der Waals surface area contributed by atoms with Crippen LogP contribution in [0.2, 0.25) is 0 Å². The third-order valence-corrected chi connectivity index (χ3v) is 7.48. The summed E-state index contributed by atoms with van der Waals surface area (Å²) < 4.78 is 2.24. The zero-order valence-corrected chi connectivity index (χ0v) is 19.8. The third kappa shape index (κ3) is 4.15. The molecule has 6 aromatic rings. The molecule has 0 saturated carbocycles. The molecule has 2 heteroatoms. The number of benzene rings is 5. The van der Waals surface area contributed by atoms with E-state index >= 15 is 0 Å². The molecule has 33 heavy (non-hydrogen) atoms. The molecule has 6 rings (SSSR count). The van der Waals surface area contributed by atoms with Crippen LogP contribution in [-0.4, -0.2) is 0 Å². The Balaban J connectivity index is 0.000000144. The van der Waals surface area contributed by atoms with Gasteiger partial charge < -0.3 is 0 Å². The van der Waals surface area contributed by atoms with Crippen molar-refractivity contribution in [2.24, 2.45) is 0 Å². The van der Waals surface area contributed by atoms with Crippen molar-refractivity contribution in [3.05, 3.63) is 118 Å². The van der Waals surface area contributed by atoms with E-state index in [9.17, 15) is 4.79 Å². The zero-order chi connectivity index (χ0) is 22.8. The second-order valence-corrected chi connectivity index (χ2v) is 9.36. The van der Waals surface area contributed by atoms with Crippen LogP contribution in [0.3, 0.4) is 0 Å². The molecule has 0 aliphatic heterocycles. The molecule has 0 unspecified atom stereocenters. The minimum absolute atomic E-state index is 0.175. The fourth-order valence-electron chi connectivity index (χ4n) is 4.39. The number of hydrogen-bond donors (Lipinski definition) is 0. The highest BCUT2D eigenvalue weighted by Gasteiger charge is 2.09.